The van der Waals surface area contributed by atoms with Crippen LogP contribution in [0.5, 0.6) is 11.5 Å². The second kappa shape index (κ2) is 8.82. The van der Waals surface area contributed by atoms with Crippen molar-refractivity contribution < 1.29 is 19.4 Å². The number of nitrogens with zero attached hydrogens (tertiary/aromatic N) is 2. The molecule has 0 saturated heterocycles. The summed E-state index contributed by atoms with van der Waals surface area (Å²) in [4.78, 5) is 18.3. The molecule has 0 aliphatic heterocycles. The molecule has 136 valence electrons. The Morgan fingerprint density at radius 3 is 2.68 bits per heavy atom. The van der Waals surface area contributed by atoms with Crippen LogP contribution in [-0.4, -0.2) is 55.3 Å². The summed E-state index contributed by atoms with van der Waals surface area (Å²) in [6.45, 7) is 3.40. The topological polar surface area (TPSA) is 71.9 Å². The number of carbonyl (C=O) groups is 1. The van der Waals surface area contributed by atoms with E-state index in [0.717, 1.165) is 18.5 Å². The third kappa shape index (κ3) is 4.93. The number of benzene rings is 1. The number of aryl methyl sites for hydroxylation is 1. The number of aromatic carboxylic acids is 1. The molecule has 0 fully saturated rings. The number of hydrogen-bond acceptors (Lipinski definition) is 6. The van der Waals surface area contributed by atoms with Crippen LogP contribution >= 0.6 is 11.3 Å². The van der Waals surface area contributed by atoms with Gasteiger partial charge in [0.2, 0.25) is 0 Å². The monoisotopic (exact) mass is 364 g/mol. The number of thiazole rings is 1. The Labute approximate surface area is 152 Å². The van der Waals surface area contributed by atoms with Gasteiger partial charge < -0.3 is 19.5 Å². The molecular weight excluding hydrogens is 340 g/mol. The molecule has 0 spiro atoms. The maximum atomic E-state index is 11.4. The van der Waals surface area contributed by atoms with Crippen LogP contribution in [0.2, 0.25) is 0 Å². The second-order valence-corrected chi connectivity index (χ2v) is 6.82. The number of carboxylic acid groups (broad SMARTS) is 1. The van der Waals surface area contributed by atoms with Gasteiger partial charge in [-0.2, -0.15) is 0 Å². The van der Waals surface area contributed by atoms with Crippen molar-refractivity contribution in [2.75, 3.05) is 34.4 Å². The summed E-state index contributed by atoms with van der Waals surface area (Å²) >= 11 is 1.18. The zero-order valence-electron chi connectivity index (χ0n) is 15.0. The molecule has 0 atom stereocenters. The highest BCUT2D eigenvalue weighted by Crippen LogP contribution is 2.37. The third-order valence-corrected chi connectivity index (χ3v) is 4.77. The Hall–Kier alpha value is -2.12. The lowest BCUT2D eigenvalue weighted by Gasteiger charge is -2.13. The third-order valence-electron chi connectivity index (χ3n) is 3.65. The van der Waals surface area contributed by atoms with Gasteiger partial charge in [0.05, 0.1) is 25.0 Å². The largest absolute Gasteiger partial charge is 0.497 e. The number of rotatable bonds is 9. The van der Waals surface area contributed by atoms with E-state index in [1.807, 2.05) is 39.2 Å². The molecule has 25 heavy (non-hydrogen) atoms. The van der Waals surface area contributed by atoms with Gasteiger partial charge in [-0.25, -0.2) is 9.78 Å². The molecule has 1 N–H and O–H groups in total. The number of ether oxygens (including phenoxy) is 2. The van der Waals surface area contributed by atoms with Crippen LogP contribution in [0.1, 0.15) is 28.7 Å². The normalized spacial score (nSPS) is 10.9. The van der Waals surface area contributed by atoms with Gasteiger partial charge in [-0.05, 0) is 39.1 Å². The highest BCUT2D eigenvalue weighted by atomic mass is 32.1. The summed E-state index contributed by atoms with van der Waals surface area (Å²) in [7, 11) is 5.64. The molecule has 0 bridgehead atoms. The van der Waals surface area contributed by atoms with Crippen LogP contribution < -0.4 is 9.47 Å². The zero-order valence-corrected chi connectivity index (χ0v) is 15.9. The van der Waals surface area contributed by atoms with Gasteiger partial charge >= 0.3 is 5.97 Å². The minimum Gasteiger partial charge on any atom is -0.497 e. The van der Waals surface area contributed by atoms with Gasteiger partial charge in [-0.15, -0.1) is 11.3 Å². The van der Waals surface area contributed by atoms with Gasteiger partial charge in [0.1, 0.15) is 21.4 Å². The number of methoxy groups -OCH3 is 1. The maximum absolute atomic E-state index is 11.4. The first kappa shape index (κ1) is 19.2. The Balaban J connectivity index is 2.31. The Morgan fingerprint density at radius 2 is 2.12 bits per heavy atom. The van der Waals surface area contributed by atoms with Crippen molar-refractivity contribution >= 4 is 17.3 Å². The molecule has 0 amide bonds. The second-order valence-electron chi connectivity index (χ2n) is 5.82. The van der Waals surface area contributed by atoms with Gasteiger partial charge in [0.25, 0.3) is 0 Å². The summed E-state index contributed by atoms with van der Waals surface area (Å²) in [6, 6.07) is 5.51. The molecule has 0 radical (unpaired) electrons. The molecular formula is C18H24N2O4S. The fraction of sp³-hybridized carbons (Fsp3) is 0.444. The molecule has 2 rings (SSSR count). The molecule has 0 aliphatic carbocycles. The Morgan fingerprint density at radius 1 is 1.36 bits per heavy atom. The summed E-state index contributed by atoms with van der Waals surface area (Å²) in [5.41, 5.74) is 1.39. The standard InChI is InChI=1S/C18H24N2O4S/c1-5-14-16(18(21)22)25-17(19-14)13-8-7-12(23-4)11-15(13)24-10-6-9-20(2)3/h7-8,11H,5-6,9-10H2,1-4H3,(H,21,22). The van der Waals surface area contributed by atoms with Gasteiger partial charge in [0, 0.05) is 12.6 Å². The lowest BCUT2D eigenvalue weighted by Crippen LogP contribution is -2.15. The highest BCUT2D eigenvalue weighted by Gasteiger charge is 2.19. The summed E-state index contributed by atoms with van der Waals surface area (Å²) < 4.78 is 11.2. The predicted octanol–water partition coefficient (Wildman–Crippen LogP) is 3.41. The lowest BCUT2D eigenvalue weighted by molar-refractivity contribution is 0.0701. The van der Waals surface area contributed by atoms with Crippen LogP contribution in [0.3, 0.4) is 0 Å². The molecule has 7 heteroatoms. The first-order valence-corrected chi connectivity index (χ1v) is 8.96. The zero-order chi connectivity index (χ0) is 18.4. The average Bonchev–Trinajstić information content (AvgIpc) is 3.02. The maximum Gasteiger partial charge on any atom is 0.347 e. The molecule has 0 unspecified atom stereocenters. The van der Waals surface area contributed by atoms with E-state index >= 15 is 0 Å². The fourth-order valence-corrected chi connectivity index (χ4v) is 3.39. The predicted molar refractivity (Wildman–Crippen MR) is 99.1 cm³/mol. The van der Waals surface area contributed by atoms with Crippen molar-refractivity contribution in [2.24, 2.45) is 0 Å². The van der Waals surface area contributed by atoms with E-state index in [1.165, 1.54) is 11.3 Å². The van der Waals surface area contributed by atoms with E-state index in [9.17, 15) is 9.90 Å². The van der Waals surface area contributed by atoms with Gasteiger partial charge in [-0.1, -0.05) is 6.92 Å². The van der Waals surface area contributed by atoms with Crippen LogP contribution in [-0.2, 0) is 6.42 Å². The first-order chi connectivity index (χ1) is 12.0. The summed E-state index contributed by atoms with van der Waals surface area (Å²) in [5.74, 6) is 0.408. The van der Waals surface area contributed by atoms with Crippen LogP contribution in [0.15, 0.2) is 18.2 Å². The lowest BCUT2D eigenvalue weighted by atomic mass is 10.2. The van der Waals surface area contributed by atoms with Crippen molar-refractivity contribution in [1.82, 2.24) is 9.88 Å². The van der Waals surface area contributed by atoms with Crippen molar-refractivity contribution in [2.45, 2.75) is 19.8 Å². The molecule has 1 heterocycles. The number of aromatic nitrogens is 1. The number of hydrogen-bond donors (Lipinski definition) is 1. The number of carboxylic acids is 1. The molecule has 1 aromatic heterocycles. The van der Waals surface area contributed by atoms with E-state index in [1.54, 1.807) is 7.11 Å². The van der Waals surface area contributed by atoms with Crippen molar-refractivity contribution in [3.05, 3.63) is 28.8 Å². The Bertz CT molecular complexity index is 728. The van der Waals surface area contributed by atoms with Crippen molar-refractivity contribution in [3.63, 3.8) is 0 Å². The molecule has 1 aromatic carbocycles. The molecule has 6 nitrogen and oxygen atoms in total. The SMILES string of the molecule is CCc1nc(-c2ccc(OC)cc2OCCCN(C)C)sc1C(=O)O. The van der Waals surface area contributed by atoms with E-state index < -0.39 is 5.97 Å². The van der Waals surface area contributed by atoms with Crippen LogP contribution in [0.25, 0.3) is 10.6 Å². The fourth-order valence-electron chi connectivity index (χ4n) is 2.36. The minimum absolute atomic E-state index is 0.284. The molecule has 0 aliphatic rings. The van der Waals surface area contributed by atoms with Crippen molar-refractivity contribution in [3.8, 4) is 22.1 Å². The van der Waals surface area contributed by atoms with Gasteiger partial charge in [0.15, 0.2) is 0 Å². The van der Waals surface area contributed by atoms with Gasteiger partial charge in [-0.3, -0.25) is 0 Å². The van der Waals surface area contributed by atoms with E-state index in [-0.39, 0.29) is 4.88 Å². The molecule has 0 saturated carbocycles. The average molecular weight is 364 g/mol. The highest BCUT2D eigenvalue weighted by molar-refractivity contribution is 7.17. The van der Waals surface area contributed by atoms with E-state index in [2.05, 4.69) is 9.88 Å². The molecule has 2 aromatic rings. The van der Waals surface area contributed by atoms with Crippen molar-refractivity contribution in [1.29, 1.82) is 0 Å². The smallest absolute Gasteiger partial charge is 0.347 e. The summed E-state index contributed by atoms with van der Waals surface area (Å²) in [5, 5.41) is 10.0. The first-order valence-electron chi connectivity index (χ1n) is 8.15. The van der Waals surface area contributed by atoms with Crippen LogP contribution in [0, 0.1) is 0 Å². The Kier molecular flexibility index (Phi) is 6.78. The van der Waals surface area contributed by atoms with Crippen LogP contribution in [0.4, 0.5) is 0 Å². The minimum atomic E-state index is -0.942. The van der Waals surface area contributed by atoms with E-state index in [4.69, 9.17) is 9.47 Å². The quantitative estimate of drug-likeness (QED) is 0.688. The van der Waals surface area contributed by atoms with E-state index in [0.29, 0.717) is 35.2 Å². The summed E-state index contributed by atoms with van der Waals surface area (Å²) in [6.07, 6.45) is 1.47.